The number of benzene rings is 1. The Kier molecular flexibility index (Phi) is 4.19. The maximum Gasteiger partial charge on any atom is 0.0726 e. The first kappa shape index (κ1) is 12.6. The lowest BCUT2D eigenvalue weighted by atomic mass is 9.94. The predicted octanol–water partition coefficient (Wildman–Crippen LogP) is 2.78. The summed E-state index contributed by atoms with van der Waals surface area (Å²) in [5, 5.41) is 3.65. The smallest absolute Gasteiger partial charge is 0.0726 e. The van der Waals surface area contributed by atoms with Gasteiger partial charge in [0.05, 0.1) is 6.10 Å². The Morgan fingerprint density at radius 2 is 2.12 bits per heavy atom. The van der Waals surface area contributed by atoms with Gasteiger partial charge in [0.1, 0.15) is 0 Å². The molecule has 2 heteroatoms. The van der Waals surface area contributed by atoms with E-state index < -0.39 is 0 Å². The minimum absolute atomic E-state index is 0.177. The molecule has 0 spiro atoms. The maximum atomic E-state index is 5.62. The van der Waals surface area contributed by atoms with E-state index in [9.17, 15) is 0 Å². The summed E-state index contributed by atoms with van der Waals surface area (Å²) in [6.07, 6.45) is 3.80. The summed E-state index contributed by atoms with van der Waals surface area (Å²) >= 11 is 0. The van der Waals surface area contributed by atoms with Gasteiger partial charge in [-0.1, -0.05) is 30.3 Å². The molecule has 0 aliphatic carbocycles. The summed E-state index contributed by atoms with van der Waals surface area (Å²) < 4.78 is 5.62. The van der Waals surface area contributed by atoms with Crippen LogP contribution in [0.4, 0.5) is 0 Å². The van der Waals surface area contributed by atoms with Crippen LogP contribution in [0.2, 0.25) is 0 Å². The Labute approximate surface area is 104 Å². The fourth-order valence-electron chi connectivity index (χ4n) is 2.38. The van der Waals surface area contributed by atoms with Gasteiger partial charge in [0.15, 0.2) is 0 Å². The van der Waals surface area contributed by atoms with Crippen LogP contribution in [0.5, 0.6) is 0 Å². The van der Waals surface area contributed by atoms with Gasteiger partial charge in [0.25, 0.3) is 0 Å². The van der Waals surface area contributed by atoms with Crippen LogP contribution in [0, 0.1) is 0 Å². The topological polar surface area (TPSA) is 21.3 Å². The first-order valence-corrected chi connectivity index (χ1v) is 6.61. The first-order valence-electron chi connectivity index (χ1n) is 6.61. The molecule has 1 aliphatic rings. The second-order valence-corrected chi connectivity index (χ2v) is 5.20. The van der Waals surface area contributed by atoms with Crippen LogP contribution in [-0.4, -0.2) is 24.8 Å². The molecule has 2 rings (SSSR count). The van der Waals surface area contributed by atoms with E-state index in [2.05, 4.69) is 49.5 Å². The predicted molar refractivity (Wildman–Crippen MR) is 71.2 cm³/mol. The van der Waals surface area contributed by atoms with Gasteiger partial charge in [-0.3, -0.25) is 0 Å². The lowest BCUT2D eigenvalue weighted by Gasteiger charge is -2.29. The molecule has 0 radical (unpaired) electrons. The summed E-state index contributed by atoms with van der Waals surface area (Å²) in [4.78, 5) is 0. The van der Waals surface area contributed by atoms with Crippen LogP contribution in [0.15, 0.2) is 30.3 Å². The third-order valence-electron chi connectivity index (χ3n) is 3.90. The lowest BCUT2D eigenvalue weighted by Crippen LogP contribution is -2.48. The number of hydrogen-bond donors (Lipinski definition) is 1. The van der Waals surface area contributed by atoms with E-state index in [1.807, 2.05) is 0 Å². The Bertz CT molecular complexity index is 338. The minimum atomic E-state index is 0.177. The van der Waals surface area contributed by atoms with Gasteiger partial charge in [0.2, 0.25) is 0 Å². The number of rotatable bonds is 5. The normalized spacial score (nSPS) is 28.5. The van der Waals surface area contributed by atoms with Crippen LogP contribution in [0.25, 0.3) is 0 Å². The molecule has 1 saturated heterocycles. The second-order valence-electron chi connectivity index (χ2n) is 5.20. The quantitative estimate of drug-likeness (QED) is 0.790. The largest absolute Gasteiger partial charge is 0.377 e. The zero-order valence-electron chi connectivity index (χ0n) is 10.9. The Balaban J connectivity index is 1.70. The fourth-order valence-corrected chi connectivity index (χ4v) is 2.38. The van der Waals surface area contributed by atoms with Crippen LogP contribution in [0.3, 0.4) is 0 Å². The molecule has 1 aromatic rings. The Hall–Kier alpha value is -0.860. The molecule has 1 heterocycles. The van der Waals surface area contributed by atoms with Crippen LogP contribution in [0.1, 0.15) is 32.3 Å². The monoisotopic (exact) mass is 233 g/mol. The van der Waals surface area contributed by atoms with Crippen LogP contribution < -0.4 is 5.32 Å². The molecular formula is C15H23NO. The molecule has 2 nitrogen and oxygen atoms in total. The summed E-state index contributed by atoms with van der Waals surface area (Å²) in [6, 6.07) is 10.7. The molecule has 0 amide bonds. The Morgan fingerprint density at radius 3 is 2.76 bits per heavy atom. The maximum absolute atomic E-state index is 5.62. The van der Waals surface area contributed by atoms with Crippen LogP contribution in [-0.2, 0) is 11.2 Å². The van der Waals surface area contributed by atoms with E-state index in [1.54, 1.807) is 0 Å². The van der Waals surface area contributed by atoms with Gasteiger partial charge in [0, 0.05) is 12.1 Å². The second kappa shape index (κ2) is 5.65. The third kappa shape index (κ3) is 3.30. The molecule has 0 bridgehead atoms. The zero-order chi connectivity index (χ0) is 12.1. The summed E-state index contributed by atoms with van der Waals surface area (Å²) in [5.74, 6) is 0. The molecule has 94 valence electrons. The van der Waals surface area contributed by atoms with Crippen molar-refractivity contribution < 1.29 is 4.74 Å². The molecule has 0 saturated carbocycles. The number of hydrogen-bond acceptors (Lipinski definition) is 2. The summed E-state index contributed by atoms with van der Waals surface area (Å²) in [5.41, 5.74) is 1.60. The van der Waals surface area contributed by atoms with E-state index in [1.165, 1.54) is 12.0 Å². The standard InChI is InChI=1S/C15H23NO/c1-13-15(2,10-12-17-13)16-11-6-9-14-7-4-3-5-8-14/h3-5,7-8,13,16H,6,9-12H2,1-2H3. The SMILES string of the molecule is CC1OCCC1(C)NCCCc1ccccc1. The van der Waals surface area contributed by atoms with Crippen molar-refractivity contribution in [3.8, 4) is 0 Å². The van der Waals surface area contributed by atoms with Crippen molar-refractivity contribution in [1.82, 2.24) is 5.32 Å². The third-order valence-corrected chi connectivity index (χ3v) is 3.90. The van der Waals surface area contributed by atoms with Gasteiger partial charge < -0.3 is 10.1 Å². The van der Waals surface area contributed by atoms with Gasteiger partial charge in [-0.2, -0.15) is 0 Å². The molecule has 0 aromatic heterocycles. The highest BCUT2D eigenvalue weighted by Gasteiger charge is 2.35. The average Bonchev–Trinajstić information content (AvgIpc) is 2.67. The van der Waals surface area contributed by atoms with Crippen molar-refractivity contribution >= 4 is 0 Å². The molecular weight excluding hydrogens is 210 g/mol. The van der Waals surface area contributed by atoms with E-state index in [-0.39, 0.29) is 5.54 Å². The number of aryl methyl sites for hydroxylation is 1. The van der Waals surface area contributed by atoms with Gasteiger partial charge in [-0.05, 0) is 45.2 Å². The van der Waals surface area contributed by atoms with E-state index in [0.29, 0.717) is 6.10 Å². The number of ether oxygens (including phenoxy) is 1. The fraction of sp³-hybridized carbons (Fsp3) is 0.600. The van der Waals surface area contributed by atoms with Gasteiger partial charge in [-0.25, -0.2) is 0 Å². The molecule has 2 atom stereocenters. The van der Waals surface area contributed by atoms with Crippen molar-refractivity contribution in [3.63, 3.8) is 0 Å². The van der Waals surface area contributed by atoms with Crippen molar-refractivity contribution in [2.45, 2.75) is 44.8 Å². The van der Waals surface area contributed by atoms with E-state index in [4.69, 9.17) is 4.74 Å². The molecule has 2 unspecified atom stereocenters. The van der Waals surface area contributed by atoms with Crippen LogP contribution >= 0.6 is 0 Å². The minimum Gasteiger partial charge on any atom is -0.377 e. The molecule has 1 N–H and O–H groups in total. The van der Waals surface area contributed by atoms with Crippen molar-refractivity contribution in [2.24, 2.45) is 0 Å². The molecule has 1 fully saturated rings. The summed E-state index contributed by atoms with van der Waals surface area (Å²) in [7, 11) is 0. The summed E-state index contributed by atoms with van der Waals surface area (Å²) in [6.45, 7) is 6.40. The highest BCUT2D eigenvalue weighted by atomic mass is 16.5. The highest BCUT2D eigenvalue weighted by Crippen LogP contribution is 2.24. The van der Waals surface area contributed by atoms with Gasteiger partial charge in [-0.15, -0.1) is 0 Å². The lowest BCUT2D eigenvalue weighted by molar-refractivity contribution is 0.0887. The van der Waals surface area contributed by atoms with Crippen molar-refractivity contribution in [3.05, 3.63) is 35.9 Å². The molecule has 17 heavy (non-hydrogen) atoms. The molecule has 1 aromatic carbocycles. The van der Waals surface area contributed by atoms with E-state index in [0.717, 1.165) is 26.0 Å². The van der Waals surface area contributed by atoms with Gasteiger partial charge >= 0.3 is 0 Å². The Morgan fingerprint density at radius 1 is 1.35 bits per heavy atom. The highest BCUT2D eigenvalue weighted by molar-refractivity contribution is 5.14. The zero-order valence-corrected chi connectivity index (χ0v) is 10.9. The first-order chi connectivity index (χ1) is 8.21. The van der Waals surface area contributed by atoms with Crippen molar-refractivity contribution in [1.29, 1.82) is 0 Å². The van der Waals surface area contributed by atoms with Crippen molar-refractivity contribution in [2.75, 3.05) is 13.2 Å². The molecule has 1 aliphatic heterocycles. The van der Waals surface area contributed by atoms with E-state index >= 15 is 0 Å². The average molecular weight is 233 g/mol. The number of nitrogens with one attached hydrogen (secondary N) is 1.